The molecule has 0 spiro atoms. The van der Waals surface area contributed by atoms with Crippen molar-refractivity contribution < 1.29 is 0 Å². The first-order valence-electron chi connectivity index (χ1n) is 3.23. The van der Waals surface area contributed by atoms with Gasteiger partial charge in [0.2, 0.25) is 0 Å². The van der Waals surface area contributed by atoms with Crippen LogP contribution in [0.2, 0.25) is 0 Å². The van der Waals surface area contributed by atoms with Crippen LogP contribution in [0.15, 0.2) is 21.7 Å². The van der Waals surface area contributed by atoms with Gasteiger partial charge in [0.05, 0.1) is 4.21 Å². The lowest BCUT2D eigenvalue weighted by Gasteiger charge is -2.03. The number of rotatable bonds is 3. The molecule has 1 unspecified atom stereocenters. The SMILES string of the molecule is CC(CN)Sc1cccs1. The number of nitrogens with two attached hydrogens (primary N) is 1. The second kappa shape index (κ2) is 4.01. The molecule has 0 aliphatic heterocycles. The smallest absolute Gasteiger partial charge is 0.0601 e. The Morgan fingerprint density at radius 1 is 1.80 bits per heavy atom. The van der Waals surface area contributed by atoms with Crippen LogP contribution in [0.3, 0.4) is 0 Å². The summed E-state index contributed by atoms with van der Waals surface area (Å²) in [5.74, 6) is 0. The zero-order chi connectivity index (χ0) is 7.40. The minimum atomic E-state index is 0.540. The fourth-order valence-electron chi connectivity index (χ4n) is 0.577. The molecule has 0 radical (unpaired) electrons. The Kier molecular flexibility index (Phi) is 3.25. The maximum absolute atomic E-state index is 5.47. The molecule has 0 amide bonds. The van der Waals surface area contributed by atoms with Gasteiger partial charge in [-0.25, -0.2) is 0 Å². The fraction of sp³-hybridized carbons (Fsp3) is 0.429. The molecular weight excluding hydrogens is 162 g/mol. The van der Waals surface area contributed by atoms with E-state index in [9.17, 15) is 0 Å². The van der Waals surface area contributed by atoms with Crippen molar-refractivity contribution in [3.8, 4) is 0 Å². The highest BCUT2D eigenvalue weighted by Crippen LogP contribution is 2.26. The van der Waals surface area contributed by atoms with E-state index >= 15 is 0 Å². The Bertz CT molecular complexity index is 172. The number of thiophene rings is 1. The quantitative estimate of drug-likeness (QED) is 0.709. The van der Waals surface area contributed by atoms with Crippen molar-refractivity contribution in [2.75, 3.05) is 6.54 Å². The van der Waals surface area contributed by atoms with Crippen molar-refractivity contribution in [2.24, 2.45) is 5.73 Å². The topological polar surface area (TPSA) is 26.0 Å². The molecule has 0 fully saturated rings. The summed E-state index contributed by atoms with van der Waals surface area (Å²) in [5.41, 5.74) is 5.47. The van der Waals surface area contributed by atoms with Crippen molar-refractivity contribution in [1.29, 1.82) is 0 Å². The van der Waals surface area contributed by atoms with Gasteiger partial charge in [-0.2, -0.15) is 0 Å². The molecule has 1 atom stereocenters. The van der Waals surface area contributed by atoms with Gasteiger partial charge in [-0.15, -0.1) is 23.1 Å². The third kappa shape index (κ3) is 2.33. The number of hydrogen-bond acceptors (Lipinski definition) is 3. The minimum Gasteiger partial charge on any atom is -0.329 e. The van der Waals surface area contributed by atoms with Crippen LogP contribution < -0.4 is 5.73 Å². The molecule has 1 heterocycles. The van der Waals surface area contributed by atoms with Gasteiger partial charge in [0, 0.05) is 11.8 Å². The van der Waals surface area contributed by atoms with E-state index in [1.807, 2.05) is 11.8 Å². The van der Waals surface area contributed by atoms with Gasteiger partial charge < -0.3 is 5.73 Å². The summed E-state index contributed by atoms with van der Waals surface area (Å²) >= 11 is 3.62. The van der Waals surface area contributed by atoms with Crippen molar-refractivity contribution in [3.05, 3.63) is 17.5 Å². The average Bonchev–Trinajstić information content (AvgIpc) is 2.40. The van der Waals surface area contributed by atoms with Gasteiger partial charge in [-0.1, -0.05) is 13.0 Å². The Labute approximate surface area is 69.6 Å². The van der Waals surface area contributed by atoms with Crippen LogP contribution in [0, 0.1) is 0 Å². The second-order valence-corrected chi connectivity index (χ2v) is 4.78. The number of thioether (sulfide) groups is 1. The van der Waals surface area contributed by atoms with Gasteiger partial charge in [0.1, 0.15) is 0 Å². The maximum Gasteiger partial charge on any atom is 0.0601 e. The molecule has 56 valence electrons. The lowest BCUT2D eigenvalue weighted by atomic mass is 10.5. The summed E-state index contributed by atoms with van der Waals surface area (Å²) in [4.78, 5) is 0. The maximum atomic E-state index is 5.47. The van der Waals surface area contributed by atoms with E-state index in [4.69, 9.17) is 5.73 Å². The Morgan fingerprint density at radius 2 is 2.60 bits per heavy atom. The van der Waals surface area contributed by atoms with E-state index in [0.717, 1.165) is 6.54 Å². The van der Waals surface area contributed by atoms with E-state index in [-0.39, 0.29) is 0 Å². The molecule has 1 nitrogen and oxygen atoms in total. The average molecular weight is 173 g/mol. The van der Waals surface area contributed by atoms with Crippen molar-refractivity contribution in [2.45, 2.75) is 16.4 Å². The van der Waals surface area contributed by atoms with Crippen LogP contribution in [0.25, 0.3) is 0 Å². The minimum absolute atomic E-state index is 0.540. The first-order valence-corrected chi connectivity index (χ1v) is 4.99. The Morgan fingerprint density at radius 3 is 3.10 bits per heavy atom. The molecule has 2 N–H and O–H groups in total. The molecule has 0 aliphatic carbocycles. The molecule has 0 aliphatic rings. The summed E-state index contributed by atoms with van der Waals surface area (Å²) < 4.78 is 1.36. The second-order valence-electron chi connectivity index (χ2n) is 2.10. The lowest BCUT2D eigenvalue weighted by Crippen LogP contribution is -2.11. The molecule has 1 aromatic heterocycles. The van der Waals surface area contributed by atoms with Crippen molar-refractivity contribution in [3.63, 3.8) is 0 Å². The van der Waals surface area contributed by atoms with Gasteiger partial charge in [-0.05, 0) is 11.4 Å². The summed E-state index contributed by atoms with van der Waals surface area (Å²) in [5, 5.41) is 2.63. The van der Waals surface area contributed by atoms with Gasteiger partial charge in [-0.3, -0.25) is 0 Å². The van der Waals surface area contributed by atoms with Crippen LogP contribution in [0.4, 0.5) is 0 Å². The van der Waals surface area contributed by atoms with E-state index in [2.05, 4.69) is 24.4 Å². The highest BCUT2D eigenvalue weighted by molar-refractivity contribution is 8.01. The highest BCUT2D eigenvalue weighted by Gasteiger charge is 2.00. The summed E-state index contributed by atoms with van der Waals surface area (Å²) in [6.07, 6.45) is 0. The predicted octanol–water partition coefficient (Wildman–Crippen LogP) is 2.19. The van der Waals surface area contributed by atoms with Crippen molar-refractivity contribution in [1.82, 2.24) is 0 Å². The third-order valence-corrected chi connectivity index (χ3v) is 3.35. The lowest BCUT2D eigenvalue weighted by molar-refractivity contribution is 0.953. The molecule has 0 saturated carbocycles. The van der Waals surface area contributed by atoms with Crippen LogP contribution in [0.5, 0.6) is 0 Å². The third-order valence-electron chi connectivity index (χ3n) is 1.14. The van der Waals surface area contributed by atoms with Crippen LogP contribution in [-0.2, 0) is 0 Å². The molecular formula is C7H11NS2. The van der Waals surface area contributed by atoms with E-state index in [1.54, 1.807) is 11.3 Å². The van der Waals surface area contributed by atoms with Crippen LogP contribution in [-0.4, -0.2) is 11.8 Å². The van der Waals surface area contributed by atoms with Gasteiger partial charge in [0.15, 0.2) is 0 Å². The summed E-state index contributed by atoms with van der Waals surface area (Å²) in [6, 6.07) is 4.19. The highest BCUT2D eigenvalue weighted by atomic mass is 32.2. The summed E-state index contributed by atoms with van der Waals surface area (Å²) in [6.45, 7) is 2.90. The first kappa shape index (κ1) is 8.11. The first-order chi connectivity index (χ1) is 4.83. The molecule has 0 bridgehead atoms. The van der Waals surface area contributed by atoms with Crippen LogP contribution >= 0.6 is 23.1 Å². The molecule has 0 aromatic carbocycles. The fourth-order valence-corrected chi connectivity index (χ4v) is 2.56. The van der Waals surface area contributed by atoms with E-state index in [0.29, 0.717) is 5.25 Å². The molecule has 10 heavy (non-hydrogen) atoms. The summed E-state index contributed by atoms with van der Waals surface area (Å²) in [7, 11) is 0. The van der Waals surface area contributed by atoms with Gasteiger partial charge in [0.25, 0.3) is 0 Å². The Hall–Kier alpha value is 0.01000. The molecule has 1 rings (SSSR count). The largest absolute Gasteiger partial charge is 0.329 e. The Balaban J connectivity index is 2.40. The van der Waals surface area contributed by atoms with Gasteiger partial charge >= 0.3 is 0 Å². The zero-order valence-electron chi connectivity index (χ0n) is 5.91. The normalized spacial score (nSPS) is 13.4. The van der Waals surface area contributed by atoms with E-state index in [1.165, 1.54) is 4.21 Å². The molecule has 3 heteroatoms. The molecule has 0 saturated heterocycles. The van der Waals surface area contributed by atoms with Crippen LogP contribution in [0.1, 0.15) is 6.92 Å². The monoisotopic (exact) mass is 173 g/mol. The van der Waals surface area contributed by atoms with Crippen molar-refractivity contribution >= 4 is 23.1 Å². The van der Waals surface area contributed by atoms with E-state index < -0.39 is 0 Å². The number of hydrogen-bond donors (Lipinski definition) is 1. The molecule has 1 aromatic rings. The standard InChI is InChI=1S/C7H11NS2/c1-6(5-8)10-7-3-2-4-9-7/h2-4,6H,5,8H2,1H3. The predicted molar refractivity (Wildman–Crippen MR) is 48.7 cm³/mol. The zero-order valence-corrected chi connectivity index (χ0v) is 7.54.